The number of aliphatic hydroxyl groups is 1. The number of H-pyrrole nitrogens is 2. The first kappa shape index (κ1) is 109. The normalized spacial score (nSPS) is 24.2. The Morgan fingerprint density at radius 1 is 0.529 bits per heavy atom. The Morgan fingerprint density at radius 3 is 1.71 bits per heavy atom. The van der Waals surface area contributed by atoms with Crippen molar-refractivity contribution in [3.05, 3.63) is 120 Å². The van der Waals surface area contributed by atoms with E-state index in [0.717, 1.165) is 24.5 Å². The number of aromatic nitrogens is 4. The smallest absolute Gasteiger partial charge is 0.323 e. The number of nitrogens with two attached hydrogens (primary N) is 3. The maximum absolute atomic E-state index is 16.0. The number of imidazole rings is 1. The summed E-state index contributed by atoms with van der Waals surface area (Å²) in [5.41, 5.74) is 19.6. The van der Waals surface area contributed by atoms with Gasteiger partial charge in [0.2, 0.25) is 100 Å². The first-order valence-electron chi connectivity index (χ1n) is 46.1. The molecule has 0 spiro atoms. The molecule has 6 aromatic rings. The van der Waals surface area contributed by atoms with Crippen molar-refractivity contribution in [2.45, 2.75) is 240 Å². The fourth-order valence-electron chi connectivity index (χ4n) is 17.1. The van der Waals surface area contributed by atoms with Crippen LogP contribution in [0, 0.1) is 0 Å². The van der Waals surface area contributed by atoms with Gasteiger partial charge in [-0.15, -0.1) is 11.8 Å². The number of hydrogen-bond donors (Lipinski definition) is 20. The zero-order chi connectivity index (χ0) is 102. The fraction of sp³-hybridized carbons (Fsp3) is 0.511. The molecule has 47 nitrogen and oxygen atoms in total. The standard InChI is InChI=1S/C92H124N22O25S/c1-7-9-19-69-85(132)102-59(27-29-76(120)121)81(128)108-67(80(127)98-42-74(95)118)46-140-47-75(119)100-64(34-50-23-25-54(115)26-24-50)88(135)109(4)49(3)79(126)106-66(39-73(94)117)91(138)113-33-15-22-70(113)86(133)105-63(37-53-41-96-48-99-53)84(131)103-61(28-30-77(122)123)90(137)114-44-55(116)38-72(114)87(134)104-62(35-51-40-97-58-18-13-11-16-56(51)58)83(130)101-60(31-32-93)82(129)107-65(89(136)111(6)71(20-10-8-2)92(139)110(69)5)36-52-43-112(45-78(124)125)68-21-14-12-17-57(52)68/h11-14,16-18,21,23-26,40-41,43,48-49,55,59-67,69-72,97,115-116H,7-10,15,19-20,22,27-39,42,44-47,93H2,1-6H3,(H2,94,117)(H2,95,118)(H,96,99)(H,98,127)(H,100,119)(H,101,130)(H,102,132)(H,103,131)(H,104,134)(H,105,133)(H,106,126)(H,107,129)(H,108,128)(H,120,121)(H,122,123)(H,124,125)/t49-,55+,59-,60-,61-,62-,63-,64-,65-,66-,67-,69-,70-,71-,72-/m0/s1. The molecule has 0 radical (unpaired) electrons. The van der Waals surface area contributed by atoms with Gasteiger partial charge >= 0.3 is 17.9 Å². The number of unbranched alkanes of at least 4 members (excludes halogenated alkanes) is 2. The molecule has 15 atom stereocenters. The van der Waals surface area contributed by atoms with E-state index in [4.69, 9.17) is 17.2 Å². The molecule has 758 valence electrons. The van der Waals surface area contributed by atoms with Crippen LogP contribution < -0.4 is 70.4 Å². The number of nitrogens with one attached hydrogen (secondary N) is 12. The van der Waals surface area contributed by atoms with E-state index in [9.17, 15) is 83.1 Å². The summed E-state index contributed by atoms with van der Waals surface area (Å²) >= 11 is 0.681. The lowest BCUT2D eigenvalue weighted by Gasteiger charge is -2.36. The molecule has 0 bridgehead atoms. The fourth-order valence-corrected chi connectivity index (χ4v) is 17.9. The van der Waals surface area contributed by atoms with Crippen LogP contribution in [0.4, 0.5) is 0 Å². The van der Waals surface area contributed by atoms with Gasteiger partial charge in [0.1, 0.15) is 96.9 Å². The summed E-state index contributed by atoms with van der Waals surface area (Å²) < 4.78 is 1.40. The van der Waals surface area contributed by atoms with E-state index in [1.54, 1.807) is 68.6 Å². The summed E-state index contributed by atoms with van der Waals surface area (Å²) in [6, 6.07) is -4.75. The van der Waals surface area contributed by atoms with Crippen molar-refractivity contribution < 1.29 is 121 Å². The molecule has 0 unspecified atom stereocenters. The van der Waals surface area contributed by atoms with Gasteiger partial charge in [0, 0.05) is 131 Å². The highest BCUT2D eigenvalue weighted by Gasteiger charge is 2.47. The number of aromatic amines is 2. The van der Waals surface area contributed by atoms with Gasteiger partial charge in [0.05, 0.1) is 31.1 Å². The van der Waals surface area contributed by atoms with Gasteiger partial charge in [-0.25, -0.2) is 4.98 Å². The number of aliphatic hydroxyl groups excluding tert-OH is 1. The molecule has 0 saturated carbocycles. The zero-order valence-corrected chi connectivity index (χ0v) is 79.3. The van der Waals surface area contributed by atoms with Crippen LogP contribution in [0.5, 0.6) is 5.75 Å². The maximum Gasteiger partial charge on any atom is 0.323 e. The molecule has 140 heavy (non-hydrogen) atoms. The average molecular weight is 1970 g/mol. The monoisotopic (exact) mass is 1970 g/mol. The van der Waals surface area contributed by atoms with Crippen molar-refractivity contribution in [2.75, 3.05) is 58.8 Å². The number of carbonyl (C=O) groups is 20. The average Bonchev–Trinajstić information content (AvgIpc) is 1.62. The third kappa shape index (κ3) is 30.2. The predicted molar refractivity (Wildman–Crippen MR) is 503 cm³/mol. The van der Waals surface area contributed by atoms with E-state index < -0.39 is 292 Å². The Hall–Kier alpha value is -14.6. The number of nitrogens with zero attached hydrogens (tertiary/aromatic N) is 7. The highest BCUT2D eigenvalue weighted by Crippen LogP contribution is 2.29. The molecule has 3 saturated heterocycles. The number of carboxylic acid groups (broad SMARTS) is 3. The van der Waals surface area contributed by atoms with Gasteiger partial charge in [0.15, 0.2) is 0 Å². The SMILES string of the molecule is CCCC[C@H]1C(=O)N(C)[C@@H](CCCC)C(=O)N[C@@H](CCC(=O)O)C(=O)N[C@H](C(=O)NCC(N)=O)CSCC(=O)N[C@@H](Cc2ccc(O)cc2)C(=O)N(C)[C@@H](C)C(=O)N[C@@H](CC(N)=O)C(=O)N2CCC[C@H]2C(=O)N[C@@H](Cc2cnc[nH]2)C(=O)N[C@@H](CCC(=O)O)C(=O)N2C[C@H](O)C[C@H]2C(=O)N[C@@H](Cc2c[nH]c3ccccc23)C(=O)N[C@@H](CCN)C(=O)N[C@@H](Cc2cn(CC(=O)O)c3ccccc23)C(=O)N1C. The third-order valence-electron chi connectivity index (χ3n) is 24.7. The number of carbonyl (C=O) groups excluding carboxylic acids is 17. The number of aliphatic carboxylic acids is 3. The number of fused-ring (bicyclic) bond motifs is 4. The van der Waals surface area contributed by atoms with E-state index >= 15 is 38.4 Å². The number of aromatic hydroxyl groups is 1. The summed E-state index contributed by atoms with van der Waals surface area (Å²) in [5.74, 6) is -23.3. The van der Waals surface area contributed by atoms with Gasteiger partial charge in [-0.3, -0.25) is 95.9 Å². The first-order chi connectivity index (χ1) is 66.6. The van der Waals surface area contributed by atoms with Gasteiger partial charge in [0.25, 0.3) is 0 Å². The van der Waals surface area contributed by atoms with Crippen molar-refractivity contribution in [3.8, 4) is 5.75 Å². The summed E-state index contributed by atoms with van der Waals surface area (Å²) in [5, 5.41) is 78.6. The van der Waals surface area contributed by atoms with Crippen LogP contribution in [-0.2, 0) is 128 Å². The lowest BCUT2D eigenvalue weighted by molar-refractivity contribution is -0.149. The van der Waals surface area contributed by atoms with Gasteiger partial charge in [-0.05, 0) is 99.4 Å². The number of likely N-dealkylation sites (N-methyl/N-ethyl adjacent to an activating group) is 3. The minimum absolute atomic E-state index is 0.0975. The number of benzene rings is 3. The van der Waals surface area contributed by atoms with E-state index in [2.05, 4.69) is 68.1 Å². The number of thioether (sulfide) groups is 1. The molecular weight excluding hydrogens is 1850 g/mol. The number of hydrogen-bond acceptors (Lipinski definition) is 25. The van der Waals surface area contributed by atoms with Crippen LogP contribution in [0.1, 0.15) is 139 Å². The number of primary amides is 2. The van der Waals surface area contributed by atoms with E-state index in [1.807, 2.05) is 0 Å². The molecule has 3 aromatic heterocycles. The minimum Gasteiger partial charge on any atom is -0.508 e. The van der Waals surface area contributed by atoms with Crippen LogP contribution in [-0.4, -0.2) is 337 Å². The lowest BCUT2D eigenvalue weighted by Crippen LogP contribution is -2.61. The summed E-state index contributed by atoms with van der Waals surface area (Å²) in [6.45, 7) is 2.27. The molecule has 3 aliphatic rings. The van der Waals surface area contributed by atoms with E-state index in [1.165, 1.54) is 75.6 Å². The number of para-hydroxylation sites is 2. The molecule has 3 aliphatic heterocycles. The number of phenolic OH excluding ortho intramolecular Hbond substituents is 1. The Kier molecular flexibility index (Phi) is 40.3. The molecule has 3 fully saturated rings. The number of rotatable bonds is 29. The number of phenols is 1. The first-order valence-corrected chi connectivity index (χ1v) is 47.2. The largest absolute Gasteiger partial charge is 0.508 e. The summed E-state index contributed by atoms with van der Waals surface area (Å²) in [6.07, 6.45) is -1.15. The molecule has 23 N–H and O–H groups in total. The summed E-state index contributed by atoms with van der Waals surface area (Å²) in [7, 11) is 3.69. The van der Waals surface area contributed by atoms with Crippen molar-refractivity contribution >= 4 is 152 Å². The van der Waals surface area contributed by atoms with E-state index in [0.29, 0.717) is 63.1 Å². The highest BCUT2D eigenvalue weighted by atomic mass is 32.2. The molecule has 0 aliphatic carbocycles. The van der Waals surface area contributed by atoms with Gasteiger partial charge < -0.3 is 135 Å². The van der Waals surface area contributed by atoms with Crippen molar-refractivity contribution in [1.82, 2.24) is 97.2 Å². The molecule has 48 heteroatoms. The Bertz CT molecular complexity index is 5500. The maximum atomic E-state index is 16.0. The van der Waals surface area contributed by atoms with Crippen LogP contribution in [0.15, 0.2) is 97.7 Å². The van der Waals surface area contributed by atoms with Crippen molar-refractivity contribution in [1.29, 1.82) is 0 Å². The topological polar surface area (TPSA) is 707 Å². The number of carboxylic acids is 3. The van der Waals surface area contributed by atoms with Crippen molar-refractivity contribution in [3.63, 3.8) is 0 Å². The minimum atomic E-state index is -1.88. The van der Waals surface area contributed by atoms with E-state index in [-0.39, 0.29) is 82.3 Å². The second-order valence-electron chi connectivity index (χ2n) is 35.0. The molecule has 17 amide bonds. The second-order valence-corrected chi connectivity index (χ2v) is 36.0. The predicted octanol–water partition coefficient (Wildman–Crippen LogP) is -3.59. The molecule has 3 aromatic carbocycles. The Balaban J connectivity index is 1.13. The van der Waals surface area contributed by atoms with Crippen LogP contribution in [0.3, 0.4) is 0 Å². The number of amides is 17. The quantitative estimate of drug-likeness (QED) is 0.0216. The lowest BCUT2D eigenvalue weighted by atomic mass is 9.99. The van der Waals surface area contributed by atoms with Crippen LogP contribution >= 0.6 is 11.8 Å². The van der Waals surface area contributed by atoms with Gasteiger partial charge in [-0.1, -0.05) is 88.1 Å². The van der Waals surface area contributed by atoms with Crippen LogP contribution in [0.2, 0.25) is 0 Å². The molecular formula is C92H124N22O25S. The third-order valence-corrected chi connectivity index (χ3v) is 25.7. The molecule has 9 rings (SSSR count). The van der Waals surface area contributed by atoms with Gasteiger partial charge in [-0.2, -0.15) is 0 Å². The summed E-state index contributed by atoms with van der Waals surface area (Å²) in [4.78, 5) is 303. The second kappa shape index (κ2) is 51.7. The molecule has 6 heterocycles. The Morgan fingerprint density at radius 2 is 1.08 bits per heavy atom. The zero-order valence-electron chi connectivity index (χ0n) is 78.5. The van der Waals surface area contributed by atoms with Crippen molar-refractivity contribution in [2.24, 2.45) is 17.2 Å². The highest BCUT2D eigenvalue weighted by molar-refractivity contribution is 8.00. The van der Waals surface area contributed by atoms with Crippen LogP contribution in [0.25, 0.3) is 21.8 Å². The Labute approximate surface area is 808 Å².